The molecule has 0 bridgehead atoms. The maximum Gasteiger partial charge on any atom is 0.232 e. The van der Waals surface area contributed by atoms with Crippen LogP contribution in [0.25, 0.3) is 0 Å². The first kappa shape index (κ1) is 11.9. The number of rotatable bonds is 1. The fourth-order valence-corrected chi connectivity index (χ4v) is 3.77. The van der Waals surface area contributed by atoms with Crippen molar-refractivity contribution >= 4 is 23.4 Å². The van der Waals surface area contributed by atoms with E-state index in [-0.39, 0.29) is 5.92 Å². The second-order valence-corrected chi connectivity index (χ2v) is 6.13. The molecule has 0 radical (unpaired) electrons. The summed E-state index contributed by atoms with van der Waals surface area (Å²) in [5.41, 5.74) is 2.28. The van der Waals surface area contributed by atoms with Crippen LogP contribution in [0, 0.1) is 0 Å². The summed E-state index contributed by atoms with van der Waals surface area (Å²) in [6.45, 7) is 3.79. The molecule has 3 rings (SSSR count). The van der Waals surface area contributed by atoms with E-state index in [0.717, 1.165) is 35.8 Å². The summed E-state index contributed by atoms with van der Waals surface area (Å²) in [6.07, 6.45) is 0. The first-order valence-corrected chi connectivity index (χ1v) is 7.64. The van der Waals surface area contributed by atoms with Gasteiger partial charge in [0.2, 0.25) is 5.91 Å². The molecule has 1 saturated heterocycles. The van der Waals surface area contributed by atoms with Gasteiger partial charge in [0, 0.05) is 36.3 Å². The zero-order valence-corrected chi connectivity index (χ0v) is 11.4. The fourth-order valence-electron chi connectivity index (χ4n) is 2.76. The molecule has 1 N–H and O–H groups in total. The van der Waals surface area contributed by atoms with Gasteiger partial charge < -0.3 is 10.2 Å². The average molecular weight is 262 g/mol. The first-order valence-electron chi connectivity index (χ1n) is 6.48. The standard InChI is InChI=1S/C14H18N2OS/c1-10-9-18-7-6-16(10)14(17)12-8-15-13-5-3-2-4-11(12)13/h2-5,10,12,15H,6-9H2,1H3. The molecular weight excluding hydrogens is 244 g/mol. The van der Waals surface area contributed by atoms with Gasteiger partial charge in [-0.2, -0.15) is 11.8 Å². The van der Waals surface area contributed by atoms with Gasteiger partial charge in [-0.15, -0.1) is 0 Å². The maximum atomic E-state index is 12.7. The number of fused-ring (bicyclic) bond motifs is 1. The largest absolute Gasteiger partial charge is 0.384 e. The lowest BCUT2D eigenvalue weighted by Gasteiger charge is -2.34. The van der Waals surface area contributed by atoms with Crippen molar-refractivity contribution in [1.29, 1.82) is 0 Å². The number of benzene rings is 1. The van der Waals surface area contributed by atoms with Crippen LogP contribution < -0.4 is 5.32 Å². The van der Waals surface area contributed by atoms with E-state index in [1.165, 1.54) is 0 Å². The molecule has 0 saturated carbocycles. The summed E-state index contributed by atoms with van der Waals surface area (Å²) in [5.74, 6) is 2.43. The van der Waals surface area contributed by atoms with Crippen LogP contribution in [0.4, 0.5) is 5.69 Å². The molecule has 2 aliphatic heterocycles. The lowest BCUT2D eigenvalue weighted by Crippen LogP contribution is -2.46. The van der Waals surface area contributed by atoms with Crippen LogP contribution >= 0.6 is 11.8 Å². The topological polar surface area (TPSA) is 32.3 Å². The van der Waals surface area contributed by atoms with Crippen molar-refractivity contribution in [3.05, 3.63) is 29.8 Å². The number of amides is 1. The molecule has 0 aromatic heterocycles. The second kappa shape index (κ2) is 4.84. The summed E-state index contributed by atoms with van der Waals surface area (Å²) in [5, 5.41) is 3.33. The maximum absolute atomic E-state index is 12.7. The molecule has 2 unspecified atom stereocenters. The minimum Gasteiger partial charge on any atom is -0.384 e. The van der Waals surface area contributed by atoms with E-state index >= 15 is 0 Å². The highest BCUT2D eigenvalue weighted by Crippen LogP contribution is 2.33. The molecule has 1 aromatic carbocycles. The number of carbonyl (C=O) groups excluding carboxylic acids is 1. The van der Waals surface area contributed by atoms with Crippen LogP contribution in [-0.4, -0.2) is 41.4 Å². The highest BCUT2D eigenvalue weighted by Gasteiger charge is 2.34. The fraction of sp³-hybridized carbons (Fsp3) is 0.500. The van der Waals surface area contributed by atoms with Gasteiger partial charge in [0.25, 0.3) is 0 Å². The van der Waals surface area contributed by atoms with E-state index in [4.69, 9.17) is 0 Å². The third kappa shape index (κ3) is 1.99. The molecule has 1 amide bonds. The van der Waals surface area contributed by atoms with E-state index in [0.29, 0.717) is 11.9 Å². The first-order chi connectivity index (χ1) is 8.77. The molecule has 4 heteroatoms. The predicted octanol–water partition coefficient (Wildman–Crippen LogP) is 2.16. The van der Waals surface area contributed by atoms with E-state index in [1.54, 1.807) is 0 Å². The number of nitrogens with zero attached hydrogens (tertiary/aromatic N) is 1. The monoisotopic (exact) mass is 262 g/mol. The van der Waals surface area contributed by atoms with Gasteiger partial charge in [0.05, 0.1) is 5.92 Å². The number of hydrogen-bond donors (Lipinski definition) is 1. The van der Waals surface area contributed by atoms with Crippen molar-refractivity contribution in [2.45, 2.75) is 18.9 Å². The Morgan fingerprint density at radius 1 is 1.44 bits per heavy atom. The third-order valence-corrected chi connectivity index (χ3v) is 4.97. The Morgan fingerprint density at radius 3 is 3.11 bits per heavy atom. The van der Waals surface area contributed by atoms with Crippen molar-refractivity contribution in [3.63, 3.8) is 0 Å². The molecule has 96 valence electrons. The van der Waals surface area contributed by atoms with Crippen LogP contribution in [-0.2, 0) is 4.79 Å². The molecule has 18 heavy (non-hydrogen) atoms. The third-order valence-electron chi connectivity index (χ3n) is 3.78. The van der Waals surface area contributed by atoms with Gasteiger partial charge in [-0.25, -0.2) is 0 Å². The Morgan fingerprint density at radius 2 is 2.28 bits per heavy atom. The molecule has 3 nitrogen and oxygen atoms in total. The summed E-state index contributed by atoms with van der Waals surface area (Å²) >= 11 is 1.94. The average Bonchev–Trinajstić information content (AvgIpc) is 2.82. The zero-order chi connectivity index (χ0) is 12.5. The smallest absolute Gasteiger partial charge is 0.232 e. The van der Waals surface area contributed by atoms with Gasteiger partial charge in [-0.3, -0.25) is 4.79 Å². The van der Waals surface area contributed by atoms with E-state index in [1.807, 2.05) is 23.9 Å². The number of thioether (sulfide) groups is 1. The van der Waals surface area contributed by atoms with Crippen molar-refractivity contribution in [3.8, 4) is 0 Å². The lowest BCUT2D eigenvalue weighted by molar-refractivity contribution is -0.133. The van der Waals surface area contributed by atoms with E-state index in [9.17, 15) is 4.79 Å². The molecular formula is C14H18N2OS. The quantitative estimate of drug-likeness (QED) is 0.842. The molecule has 1 fully saturated rings. The number of para-hydroxylation sites is 1. The Hall–Kier alpha value is -1.16. The Labute approximate surface area is 112 Å². The van der Waals surface area contributed by atoms with Crippen LogP contribution in [0.1, 0.15) is 18.4 Å². The van der Waals surface area contributed by atoms with Crippen LogP contribution in [0.15, 0.2) is 24.3 Å². The molecule has 0 spiro atoms. The number of carbonyl (C=O) groups is 1. The number of nitrogens with one attached hydrogen (secondary N) is 1. The molecule has 2 aliphatic rings. The second-order valence-electron chi connectivity index (χ2n) is 4.98. The predicted molar refractivity (Wildman–Crippen MR) is 76.2 cm³/mol. The van der Waals surface area contributed by atoms with E-state index < -0.39 is 0 Å². The zero-order valence-electron chi connectivity index (χ0n) is 10.6. The van der Waals surface area contributed by atoms with Gasteiger partial charge in [-0.05, 0) is 18.6 Å². The normalized spacial score (nSPS) is 26.6. The summed E-state index contributed by atoms with van der Waals surface area (Å²) < 4.78 is 0. The Balaban J connectivity index is 1.82. The van der Waals surface area contributed by atoms with E-state index in [2.05, 4.69) is 29.3 Å². The van der Waals surface area contributed by atoms with Crippen LogP contribution in [0.2, 0.25) is 0 Å². The van der Waals surface area contributed by atoms with Crippen molar-refractivity contribution in [2.24, 2.45) is 0 Å². The summed E-state index contributed by atoms with van der Waals surface area (Å²) in [7, 11) is 0. The SMILES string of the molecule is CC1CSCCN1C(=O)C1CNc2ccccc21. The summed E-state index contributed by atoms with van der Waals surface area (Å²) in [6, 6.07) is 8.52. The molecule has 2 heterocycles. The van der Waals surface area contributed by atoms with Gasteiger partial charge in [0.15, 0.2) is 0 Å². The molecule has 0 aliphatic carbocycles. The minimum atomic E-state index is 0.00625. The Bertz CT molecular complexity index is 463. The minimum absolute atomic E-state index is 0.00625. The highest BCUT2D eigenvalue weighted by molar-refractivity contribution is 7.99. The van der Waals surface area contributed by atoms with Gasteiger partial charge in [0.1, 0.15) is 0 Å². The Kier molecular flexibility index (Phi) is 3.20. The molecule has 1 aromatic rings. The van der Waals surface area contributed by atoms with Crippen molar-refractivity contribution in [1.82, 2.24) is 4.90 Å². The summed E-state index contributed by atoms with van der Waals surface area (Å²) in [4.78, 5) is 14.7. The number of anilines is 1. The van der Waals surface area contributed by atoms with Crippen molar-refractivity contribution < 1.29 is 4.79 Å². The number of hydrogen-bond acceptors (Lipinski definition) is 3. The van der Waals surface area contributed by atoms with Gasteiger partial charge in [-0.1, -0.05) is 18.2 Å². The highest BCUT2D eigenvalue weighted by atomic mass is 32.2. The lowest BCUT2D eigenvalue weighted by atomic mass is 9.99. The van der Waals surface area contributed by atoms with Crippen molar-refractivity contribution in [2.75, 3.05) is 29.9 Å². The van der Waals surface area contributed by atoms with Crippen LogP contribution in [0.5, 0.6) is 0 Å². The van der Waals surface area contributed by atoms with Gasteiger partial charge >= 0.3 is 0 Å². The molecule has 2 atom stereocenters. The van der Waals surface area contributed by atoms with Crippen LogP contribution in [0.3, 0.4) is 0 Å².